The molecule has 0 aliphatic carbocycles. The van der Waals surface area contributed by atoms with Crippen molar-refractivity contribution in [3.05, 3.63) is 59.2 Å². The third-order valence-corrected chi connectivity index (χ3v) is 4.11. The summed E-state index contributed by atoms with van der Waals surface area (Å²) < 4.78 is 11.0. The van der Waals surface area contributed by atoms with Gasteiger partial charge in [0, 0.05) is 5.69 Å². The monoisotopic (exact) mass is 369 g/mol. The molecule has 144 valence electrons. The molecule has 1 amide bonds. The smallest absolute Gasteiger partial charge is 0.338 e. The molecule has 0 spiro atoms. The van der Waals surface area contributed by atoms with Gasteiger partial charge in [-0.3, -0.25) is 4.79 Å². The lowest BCUT2D eigenvalue weighted by molar-refractivity contribution is -0.122. The van der Waals surface area contributed by atoms with Gasteiger partial charge in [0.15, 0.2) is 6.10 Å². The van der Waals surface area contributed by atoms with Crippen LogP contribution in [-0.2, 0) is 9.53 Å². The summed E-state index contributed by atoms with van der Waals surface area (Å²) in [6.45, 7) is 8.03. The fourth-order valence-electron chi connectivity index (χ4n) is 2.44. The number of anilines is 1. The molecule has 0 fully saturated rings. The van der Waals surface area contributed by atoms with Crippen molar-refractivity contribution in [3.8, 4) is 5.75 Å². The molecule has 2 aromatic rings. The quantitative estimate of drug-likeness (QED) is 0.543. The third-order valence-electron chi connectivity index (χ3n) is 4.11. The maximum Gasteiger partial charge on any atom is 0.338 e. The Bertz CT molecular complexity index is 801. The van der Waals surface area contributed by atoms with Gasteiger partial charge in [-0.25, -0.2) is 4.79 Å². The van der Waals surface area contributed by atoms with Gasteiger partial charge in [0.05, 0.1) is 12.2 Å². The number of esters is 1. The molecule has 5 heteroatoms. The van der Waals surface area contributed by atoms with Gasteiger partial charge in [-0.2, -0.15) is 0 Å². The highest BCUT2D eigenvalue weighted by Crippen LogP contribution is 2.21. The van der Waals surface area contributed by atoms with Crippen LogP contribution in [0.4, 0.5) is 5.69 Å². The Kier molecular flexibility index (Phi) is 7.41. The molecule has 0 aliphatic rings. The maximum absolute atomic E-state index is 12.5. The van der Waals surface area contributed by atoms with Gasteiger partial charge in [-0.1, -0.05) is 31.5 Å². The number of amides is 1. The summed E-state index contributed by atoms with van der Waals surface area (Å²) in [4.78, 5) is 24.5. The fraction of sp³-hybridized carbons (Fsp3) is 0.364. The summed E-state index contributed by atoms with van der Waals surface area (Å²) in [5.74, 6) is 0.0116. The molecule has 0 bridgehead atoms. The molecule has 1 unspecified atom stereocenters. The van der Waals surface area contributed by atoms with Crippen LogP contribution in [-0.4, -0.2) is 24.6 Å². The van der Waals surface area contributed by atoms with Crippen molar-refractivity contribution in [3.63, 3.8) is 0 Å². The largest absolute Gasteiger partial charge is 0.481 e. The molecule has 0 heterocycles. The highest BCUT2D eigenvalue weighted by atomic mass is 16.5. The molecule has 0 radical (unpaired) electrons. The summed E-state index contributed by atoms with van der Waals surface area (Å²) >= 11 is 0. The molecular weight excluding hydrogens is 342 g/mol. The molecule has 0 aromatic heterocycles. The van der Waals surface area contributed by atoms with Crippen molar-refractivity contribution in [2.24, 2.45) is 0 Å². The number of aryl methyl sites for hydroxylation is 2. The second-order valence-corrected chi connectivity index (χ2v) is 6.59. The van der Waals surface area contributed by atoms with E-state index in [1.54, 1.807) is 31.2 Å². The van der Waals surface area contributed by atoms with Gasteiger partial charge < -0.3 is 14.8 Å². The molecule has 2 rings (SSSR count). The number of unbranched alkanes of at least 4 members (excludes halogenated alkanes) is 1. The first-order valence-corrected chi connectivity index (χ1v) is 9.22. The van der Waals surface area contributed by atoms with Crippen LogP contribution < -0.4 is 10.1 Å². The van der Waals surface area contributed by atoms with Crippen LogP contribution in [0.1, 0.15) is 48.2 Å². The average Bonchev–Trinajstić information content (AvgIpc) is 2.65. The van der Waals surface area contributed by atoms with Gasteiger partial charge in [0.2, 0.25) is 0 Å². The number of ether oxygens (including phenoxy) is 2. The number of benzene rings is 2. The Morgan fingerprint density at radius 1 is 1.11 bits per heavy atom. The van der Waals surface area contributed by atoms with E-state index >= 15 is 0 Å². The van der Waals surface area contributed by atoms with E-state index in [4.69, 9.17) is 9.47 Å². The molecular formula is C22H27NO4. The van der Waals surface area contributed by atoms with Crippen molar-refractivity contribution in [1.29, 1.82) is 0 Å². The summed E-state index contributed by atoms with van der Waals surface area (Å²) in [5.41, 5.74) is 2.97. The lowest BCUT2D eigenvalue weighted by Crippen LogP contribution is -2.30. The Morgan fingerprint density at radius 2 is 1.89 bits per heavy atom. The first-order chi connectivity index (χ1) is 12.9. The molecule has 1 N–H and O–H groups in total. The average molecular weight is 369 g/mol. The lowest BCUT2D eigenvalue weighted by Gasteiger charge is -2.17. The Morgan fingerprint density at radius 3 is 2.63 bits per heavy atom. The van der Waals surface area contributed by atoms with Crippen molar-refractivity contribution in [2.75, 3.05) is 11.9 Å². The van der Waals surface area contributed by atoms with Crippen LogP contribution in [0.2, 0.25) is 0 Å². The molecule has 0 saturated carbocycles. The number of rotatable bonds is 8. The van der Waals surface area contributed by atoms with Gasteiger partial charge in [0.1, 0.15) is 5.75 Å². The van der Waals surface area contributed by atoms with Crippen molar-refractivity contribution in [2.45, 2.75) is 46.6 Å². The van der Waals surface area contributed by atoms with Crippen LogP contribution >= 0.6 is 0 Å². The number of carbonyl (C=O) groups is 2. The van der Waals surface area contributed by atoms with E-state index in [9.17, 15) is 9.59 Å². The van der Waals surface area contributed by atoms with Crippen molar-refractivity contribution < 1.29 is 19.1 Å². The number of carbonyl (C=O) groups excluding carboxylic acids is 2. The first-order valence-electron chi connectivity index (χ1n) is 9.22. The van der Waals surface area contributed by atoms with E-state index in [-0.39, 0.29) is 11.9 Å². The molecule has 0 aliphatic heterocycles. The minimum atomic E-state index is -0.675. The molecule has 0 saturated heterocycles. The Hall–Kier alpha value is -2.82. The zero-order valence-corrected chi connectivity index (χ0v) is 16.4. The standard InChI is InChI=1S/C22H27NO4/c1-5-6-12-26-22(25)18-8-7-9-19(14-18)23-21(24)17(4)27-20-13-15(2)10-11-16(20)3/h7-11,13-14,17H,5-6,12H2,1-4H3,(H,23,24). The van der Waals surface area contributed by atoms with Gasteiger partial charge in [-0.15, -0.1) is 0 Å². The van der Waals surface area contributed by atoms with Crippen LogP contribution in [0.3, 0.4) is 0 Å². The van der Waals surface area contributed by atoms with Crippen LogP contribution in [0.25, 0.3) is 0 Å². The zero-order valence-electron chi connectivity index (χ0n) is 16.4. The number of hydrogen-bond acceptors (Lipinski definition) is 4. The Balaban J connectivity index is 1.99. The predicted octanol–water partition coefficient (Wildman–Crippen LogP) is 4.67. The van der Waals surface area contributed by atoms with E-state index in [0.717, 1.165) is 24.0 Å². The van der Waals surface area contributed by atoms with E-state index in [1.165, 1.54) is 0 Å². The summed E-state index contributed by atoms with van der Waals surface area (Å²) in [5, 5.41) is 2.79. The predicted molar refractivity (Wildman–Crippen MR) is 106 cm³/mol. The van der Waals surface area contributed by atoms with Crippen LogP contribution in [0.5, 0.6) is 5.75 Å². The first kappa shape index (κ1) is 20.5. The highest BCUT2D eigenvalue weighted by Gasteiger charge is 2.17. The summed E-state index contributed by atoms with van der Waals surface area (Å²) in [6, 6.07) is 12.6. The minimum absolute atomic E-state index is 0.285. The van der Waals surface area contributed by atoms with Crippen molar-refractivity contribution >= 4 is 17.6 Å². The summed E-state index contributed by atoms with van der Waals surface area (Å²) in [6.07, 6.45) is 1.11. The van der Waals surface area contributed by atoms with E-state index < -0.39 is 6.10 Å². The van der Waals surface area contributed by atoms with E-state index in [0.29, 0.717) is 23.6 Å². The number of nitrogens with one attached hydrogen (secondary N) is 1. The highest BCUT2D eigenvalue weighted by molar-refractivity contribution is 5.96. The van der Waals surface area contributed by atoms with Gasteiger partial charge in [0.25, 0.3) is 5.91 Å². The molecule has 5 nitrogen and oxygen atoms in total. The molecule has 1 atom stereocenters. The zero-order chi connectivity index (χ0) is 19.8. The SMILES string of the molecule is CCCCOC(=O)c1cccc(NC(=O)C(C)Oc2cc(C)ccc2C)c1. The summed E-state index contributed by atoms with van der Waals surface area (Å²) in [7, 11) is 0. The van der Waals surface area contributed by atoms with Gasteiger partial charge >= 0.3 is 5.97 Å². The van der Waals surface area contributed by atoms with Crippen LogP contribution in [0.15, 0.2) is 42.5 Å². The van der Waals surface area contributed by atoms with Crippen LogP contribution in [0, 0.1) is 13.8 Å². The fourth-order valence-corrected chi connectivity index (χ4v) is 2.44. The maximum atomic E-state index is 12.5. The second kappa shape index (κ2) is 9.76. The second-order valence-electron chi connectivity index (χ2n) is 6.59. The third kappa shape index (κ3) is 6.13. The molecule has 2 aromatic carbocycles. The minimum Gasteiger partial charge on any atom is -0.481 e. The van der Waals surface area contributed by atoms with E-state index in [2.05, 4.69) is 5.32 Å². The van der Waals surface area contributed by atoms with Crippen molar-refractivity contribution in [1.82, 2.24) is 0 Å². The topological polar surface area (TPSA) is 64.6 Å². The number of hydrogen-bond donors (Lipinski definition) is 1. The van der Waals surface area contributed by atoms with Gasteiger partial charge in [-0.05, 0) is 62.6 Å². The normalized spacial score (nSPS) is 11.6. The Labute approximate surface area is 160 Å². The molecule has 27 heavy (non-hydrogen) atoms. The van der Waals surface area contributed by atoms with E-state index in [1.807, 2.05) is 39.0 Å². The lowest BCUT2D eigenvalue weighted by atomic mass is 10.1.